The predicted octanol–water partition coefficient (Wildman–Crippen LogP) is 4.43. The normalized spacial score (nSPS) is 23.7. The highest BCUT2D eigenvalue weighted by Gasteiger charge is 2.48. The summed E-state index contributed by atoms with van der Waals surface area (Å²) >= 11 is 0. The summed E-state index contributed by atoms with van der Waals surface area (Å²) in [6.45, 7) is 1.72. The largest absolute Gasteiger partial charge is 0.435 e. The maximum absolute atomic E-state index is 12.8. The lowest BCUT2D eigenvalue weighted by Gasteiger charge is -2.46. The van der Waals surface area contributed by atoms with Gasteiger partial charge in [-0.3, -0.25) is 4.98 Å². The van der Waals surface area contributed by atoms with Crippen molar-refractivity contribution in [2.45, 2.75) is 68.7 Å². The third-order valence-electron chi connectivity index (χ3n) is 6.48. The number of ether oxygens (including phenoxy) is 1. The van der Waals surface area contributed by atoms with Crippen LogP contribution in [-0.2, 0) is 22.9 Å². The van der Waals surface area contributed by atoms with Crippen molar-refractivity contribution >= 4 is 0 Å². The van der Waals surface area contributed by atoms with Crippen molar-refractivity contribution in [3.8, 4) is 0 Å². The van der Waals surface area contributed by atoms with E-state index in [-0.39, 0.29) is 11.0 Å². The first-order valence-corrected chi connectivity index (χ1v) is 10.6. The molecule has 8 heteroatoms. The molecule has 1 atom stereocenters. The van der Waals surface area contributed by atoms with Gasteiger partial charge >= 0.3 is 6.18 Å². The van der Waals surface area contributed by atoms with E-state index in [1.807, 2.05) is 18.3 Å². The molecule has 1 saturated carbocycles. The van der Waals surface area contributed by atoms with Gasteiger partial charge in [0, 0.05) is 30.5 Å². The first-order valence-electron chi connectivity index (χ1n) is 10.6. The van der Waals surface area contributed by atoms with Gasteiger partial charge in [0.1, 0.15) is 0 Å². The summed E-state index contributed by atoms with van der Waals surface area (Å²) < 4.78 is 44.8. The molecule has 4 rings (SSSR count). The molecule has 2 aromatic heterocycles. The molecule has 1 N–H and O–H groups in total. The maximum atomic E-state index is 12.8. The summed E-state index contributed by atoms with van der Waals surface area (Å²) in [4.78, 5) is 4.68. The number of aromatic nitrogens is 3. The standard InChI is InChI=1S/C22H27F3N4O/c23-22(24,25)19-13-17(15-28-29-19)14-26-11-8-20(18-5-1-4-10-27-18)9-12-30-21(16-20)6-2-3-7-21/h1,4-5,10,13,15,26H,2-3,6-9,11-12,14,16H2. The Morgan fingerprint density at radius 2 is 1.97 bits per heavy atom. The van der Waals surface area contributed by atoms with Crippen molar-refractivity contribution in [3.63, 3.8) is 0 Å². The Kier molecular flexibility index (Phi) is 6.06. The van der Waals surface area contributed by atoms with Gasteiger partial charge in [0.15, 0.2) is 5.69 Å². The summed E-state index contributed by atoms with van der Waals surface area (Å²) in [7, 11) is 0. The van der Waals surface area contributed by atoms with Crippen LogP contribution in [0.5, 0.6) is 0 Å². The van der Waals surface area contributed by atoms with E-state index in [0.717, 1.165) is 50.5 Å². The fraction of sp³-hybridized carbons (Fsp3) is 0.591. The minimum absolute atomic E-state index is 0.0492. The van der Waals surface area contributed by atoms with Gasteiger partial charge in [-0.05, 0) is 62.4 Å². The average Bonchev–Trinajstić information content (AvgIpc) is 3.19. The van der Waals surface area contributed by atoms with Crippen LogP contribution in [0.15, 0.2) is 36.7 Å². The zero-order chi connectivity index (χ0) is 21.1. The molecular weight excluding hydrogens is 393 g/mol. The van der Waals surface area contributed by atoms with Gasteiger partial charge in [-0.15, -0.1) is 5.10 Å². The minimum Gasteiger partial charge on any atom is -0.375 e. The number of pyridine rings is 1. The van der Waals surface area contributed by atoms with Crippen LogP contribution in [0.2, 0.25) is 0 Å². The monoisotopic (exact) mass is 420 g/mol. The van der Waals surface area contributed by atoms with E-state index in [1.54, 1.807) is 0 Å². The molecular formula is C22H27F3N4O. The van der Waals surface area contributed by atoms with Gasteiger partial charge in [-0.2, -0.15) is 18.3 Å². The molecule has 1 aliphatic carbocycles. The van der Waals surface area contributed by atoms with Gasteiger partial charge in [0.25, 0.3) is 0 Å². The molecule has 3 heterocycles. The smallest absolute Gasteiger partial charge is 0.375 e. The number of alkyl halides is 3. The average molecular weight is 420 g/mol. The second-order valence-corrected chi connectivity index (χ2v) is 8.53. The Morgan fingerprint density at radius 3 is 2.70 bits per heavy atom. The second kappa shape index (κ2) is 8.59. The van der Waals surface area contributed by atoms with Gasteiger partial charge in [0.2, 0.25) is 0 Å². The van der Waals surface area contributed by atoms with Crippen molar-refractivity contribution in [3.05, 3.63) is 53.6 Å². The third kappa shape index (κ3) is 4.64. The summed E-state index contributed by atoms with van der Waals surface area (Å²) in [6.07, 6.45) is 6.04. The van der Waals surface area contributed by atoms with E-state index >= 15 is 0 Å². The van der Waals surface area contributed by atoms with Crippen LogP contribution in [-0.4, -0.2) is 33.9 Å². The zero-order valence-corrected chi connectivity index (χ0v) is 16.9. The SMILES string of the molecule is FC(F)(F)c1cc(CNCCC2(c3ccccn3)CCOC3(CCCC3)C2)cnn1. The lowest BCUT2D eigenvalue weighted by Crippen LogP contribution is -2.47. The molecule has 1 aliphatic heterocycles. The maximum Gasteiger partial charge on any atom is 0.435 e. The van der Waals surface area contributed by atoms with E-state index in [2.05, 4.69) is 26.6 Å². The van der Waals surface area contributed by atoms with Crippen LogP contribution in [0.3, 0.4) is 0 Å². The molecule has 5 nitrogen and oxygen atoms in total. The fourth-order valence-electron chi connectivity index (χ4n) is 5.00. The molecule has 0 bridgehead atoms. The lowest BCUT2D eigenvalue weighted by molar-refractivity contribution is -0.141. The van der Waals surface area contributed by atoms with Gasteiger partial charge < -0.3 is 10.1 Å². The van der Waals surface area contributed by atoms with Crippen molar-refractivity contribution in [2.75, 3.05) is 13.2 Å². The quantitative estimate of drug-likeness (QED) is 0.701. The number of rotatable bonds is 6. The van der Waals surface area contributed by atoms with Gasteiger partial charge in [0.05, 0.1) is 11.8 Å². The van der Waals surface area contributed by atoms with Crippen LogP contribution >= 0.6 is 0 Å². The highest BCUT2D eigenvalue weighted by molar-refractivity contribution is 5.21. The molecule has 30 heavy (non-hydrogen) atoms. The third-order valence-corrected chi connectivity index (χ3v) is 6.48. The number of hydrogen-bond donors (Lipinski definition) is 1. The Bertz CT molecular complexity index is 840. The first-order chi connectivity index (χ1) is 14.4. The molecule has 2 aromatic rings. The summed E-state index contributed by atoms with van der Waals surface area (Å²) in [6, 6.07) is 7.09. The Labute approximate surface area is 174 Å². The van der Waals surface area contributed by atoms with Crippen LogP contribution in [0.4, 0.5) is 13.2 Å². The number of nitrogens with zero attached hydrogens (tertiary/aromatic N) is 3. The Balaban J connectivity index is 1.43. The van der Waals surface area contributed by atoms with E-state index in [0.29, 0.717) is 18.7 Å². The van der Waals surface area contributed by atoms with E-state index < -0.39 is 11.9 Å². The molecule has 1 spiro atoms. The van der Waals surface area contributed by atoms with E-state index in [1.165, 1.54) is 19.0 Å². The Hall–Kier alpha value is -2.06. The highest BCUT2D eigenvalue weighted by Crippen LogP contribution is 2.49. The van der Waals surface area contributed by atoms with E-state index in [9.17, 15) is 13.2 Å². The lowest BCUT2D eigenvalue weighted by atomic mass is 9.68. The van der Waals surface area contributed by atoms with Crippen molar-refractivity contribution < 1.29 is 17.9 Å². The van der Waals surface area contributed by atoms with Crippen LogP contribution < -0.4 is 5.32 Å². The van der Waals surface area contributed by atoms with Crippen molar-refractivity contribution in [1.29, 1.82) is 0 Å². The van der Waals surface area contributed by atoms with Crippen LogP contribution in [0.25, 0.3) is 0 Å². The second-order valence-electron chi connectivity index (χ2n) is 8.53. The molecule has 2 aliphatic rings. The van der Waals surface area contributed by atoms with Crippen LogP contribution in [0, 0.1) is 0 Å². The minimum atomic E-state index is -4.48. The summed E-state index contributed by atoms with van der Waals surface area (Å²) in [5.41, 5.74) is 0.478. The molecule has 2 fully saturated rings. The molecule has 162 valence electrons. The number of nitrogens with one attached hydrogen (secondary N) is 1. The number of hydrogen-bond acceptors (Lipinski definition) is 5. The van der Waals surface area contributed by atoms with Crippen LogP contribution in [0.1, 0.15) is 61.9 Å². The predicted molar refractivity (Wildman–Crippen MR) is 106 cm³/mol. The topological polar surface area (TPSA) is 59.9 Å². The molecule has 0 aromatic carbocycles. The Morgan fingerprint density at radius 1 is 1.13 bits per heavy atom. The van der Waals surface area contributed by atoms with Gasteiger partial charge in [-0.25, -0.2) is 0 Å². The van der Waals surface area contributed by atoms with Crippen molar-refractivity contribution in [2.24, 2.45) is 0 Å². The molecule has 1 unspecified atom stereocenters. The summed E-state index contributed by atoms with van der Waals surface area (Å²) in [5, 5.41) is 9.97. The summed E-state index contributed by atoms with van der Waals surface area (Å²) in [5.74, 6) is 0. The molecule has 0 amide bonds. The van der Waals surface area contributed by atoms with Gasteiger partial charge in [-0.1, -0.05) is 18.9 Å². The highest BCUT2D eigenvalue weighted by atomic mass is 19.4. The zero-order valence-electron chi connectivity index (χ0n) is 16.9. The fourth-order valence-corrected chi connectivity index (χ4v) is 5.00. The number of halogens is 3. The van der Waals surface area contributed by atoms with E-state index in [4.69, 9.17) is 4.74 Å². The first kappa shape index (κ1) is 21.2. The molecule has 0 radical (unpaired) electrons. The molecule has 1 saturated heterocycles. The van der Waals surface area contributed by atoms with Crippen molar-refractivity contribution in [1.82, 2.24) is 20.5 Å².